The van der Waals surface area contributed by atoms with E-state index in [1.165, 1.54) is 0 Å². The van der Waals surface area contributed by atoms with Crippen LogP contribution in [0.2, 0.25) is 0 Å². The van der Waals surface area contributed by atoms with E-state index in [2.05, 4.69) is 0 Å². The maximum Gasteiger partial charge on any atom is 0.503 e. The van der Waals surface area contributed by atoms with E-state index in [9.17, 15) is 0 Å². The predicted octanol–water partition coefficient (Wildman–Crippen LogP) is -5.51. The fourth-order valence-corrected chi connectivity index (χ4v) is 0. The highest BCUT2D eigenvalue weighted by molar-refractivity contribution is 5.85. The minimum Gasteiger partial charge on any atom is -0.396 e. The normalized spacial score (nSPS) is 7.20. The van der Waals surface area contributed by atoms with Crippen LogP contribution in [0.25, 0.3) is 0 Å². The molecule has 0 atom stereocenters. The largest absolute Gasteiger partial charge is 0.503 e. The van der Waals surface area contributed by atoms with Gasteiger partial charge in [-0.2, -0.15) is 0 Å². The number of hydrogen-bond donors (Lipinski definition) is 1. The molecule has 0 saturated heterocycles. The second-order valence-electron chi connectivity index (χ2n) is 0.201. The Kier molecular flexibility index (Phi) is 9.13. The molecule has 3 nitrogen and oxygen atoms in total. The van der Waals surface area contributed by atoms with Gasteiger partial charge in [0.25, 0.3) is 0 Å². The first-order valence-electron chi connectivity index (χ1n) is 0.478. The number of halogens is 2. The Morgan fingerprint density at radius 2 is 1.40 bits per heavy atom. The van der Waals surface area contributed by atoms with Crippen LogP contribution in [0.15, 0.2) is 0 Å². The summed E-state index contributed by atoms with van der Waals surface area (Å²) in [7, 11) is 0. The third-order valence-electron chi connectivity index (χ3n) is 0. The molecule has 34 valence electrons. The molecule has 1 N–H and O–H groups in total. The van der Waals surface area contributed by atoms with Gasteiger partial charge in [0.1, 0.15) is 0 Å². The molecule has 0 radical (unpaired) electrons. The van der Waals surface area contributed by atoms with Gasteiger partial charge in [-0.1, -0.05) is 0 Å². The third-order valence-corrected chi connectivity index (χ3v) is 0. The van der Waals surface area contributed by atoms with Gasteiger partial charge in [-0.3, -0.25) is 0 Å². The molecule has 0 rings (SSSR count). The van der Waals surface area contributed by atoms with E-state index in [0.29, 0.717) is 0 Å². The average molecular weight is 212 g/mol. The zero-order chi connectivity index (χ0) is 3.58. The Morgan fingerprint density at radius 1 is 1.40 bits per heavy atom. The maximum atomic E-state index is 8.68. The van der Waals surface area contributed by atoms with Crippen LogP contribution in [0, 0.1) is 0 Å². The quantitative estimate of drug-likeness (QED) is 0.407. The summed E-state index contributed by atoms with van der Waals surface area (Å²) in [6.45, 7) is 0. The lowest BCUT2D eigenvalue weighted by Gasteiger charge is -1.67. The van der Waals surface area contributed by atoms with Gasteiger partial charge in [-0.25, -0.2) is 0 Å². The molecule has 0 saturated carbocycles. The Bertz CT molecular complexity index is 11.6. The molecule has 0 aliphatic rings. The second kappa shape index (κ2) is 4.90. The number of hydrogen-bond acceptors (Lipinski definition) is 3. The van der Waals surface area contributed by atoms with Crippen molar-refractivity contribution in [1.82, 2.24) is 0 Å². The van der Waals surface area contributed by atoms with Crippen molar-refractivity contribution < 1.29 is 31.4 Å². The van der Waals surface area contributed by atoms with E-state index in [1.54, 1.807) is 0 Å². The summed E-state index contributed by atoms with van der Waals surface area (Å²) in [5.74, 6) is 0. The SMILES string of the molecule is Cl.[O-][I+2]([O-])O. The van der Waals surface area contributed by atoms with Gasteiger partial charge in [0.2, 0.25) is 0 Å². The third kappa shape index (κ3) is 50.9. The van der Waals surface area contributed by atoms with Crippen LogP contribution in [0.5, 0.6) is 0 Å². The molecule has 0 spiro atoms. The lowest BCUT2D eigenvalue weighted by Crippen LogP contribution is -3.98. The summed E-state index contributed by atoms with van der Waals surface area (Å²) < 4.78 is 24.5. The first-order valence-corrected chi connectivity index (χ1v) is 3.20. The fraction of sp³-hybridized carbons (Fsp3) is 0. The number of rotatable bonds is 0. The van der Waals surface area contributed by atoms with Crippen LogP contribution in [-0.2, 0) is 0 Å². The first kappa shape index (κ1) is 9.31. The molecule has 0 bridgehead atoms. The Labute approximate surface area is 44.1 Å². The molecule has 5 heteroatoms. The highest BCUT2D eigenvalue weighted by Gasteiger charge is 1.89. The predicted molar refractivity (Wildman–Crippen MR) is 9.47 cm³/mol. The van der Waals surface area contributed by atoms with Gasteiger partial charge in [0.15, 0.2) is 0 Å². The molecule has 0 fully saturated rings. The second-order valence-corrected chi connectivity index (χ2v) is 1.35. The molecule has 0 aliphatic carbocycles. The van der Waals surface area contributed by atoms with Crippen molar-refractivity contribution in [1.29, 1.82) is 0 Å². The van der Waals surface area contributed by atoms with Crippen LogP contribution in [0.4, 0.5) is 0 Å². The first-order chi connectivity index (χ1) is 1.73. The molecular weight excluding hydrogens is 210 g/mol. The summed E-state index contributed by atoms with van der Waals surface area (Å²) in [5.41, 5.74) is 0. The van der Waals surface area contributed by atoms with E-state index in [4.69, 9.17) is 10.3 Å². The van der Waals surface area contributed by atoms with Crippen molar-refractivity contribution in [3.63, 3.8) is 0 Å². The minimum atomic E-state index is -3.76. The molecule has 0 aromatic carbocycles. The molecular formula is H2ClIO3. The van der Waals surface area contributed by atoms with Gasteiger partial charge in [0, 0.05) is 0 Å². The van der Waals surface area contributed by atoms with E-state index < -0.39 is 21.1 Å². The van der Waals surface area contributed by atoms with E-state index in [0.717, 1.165) is 0 Å². The van der Waals surface area contributed by atoms with Crippen LogP contribution in [0.3, 0.4) is 0 Å². The summed E-state index contributed by atoms with van der Waals surface area (Å²) in [6, 6.07) is 0. The van der Waals surface area contributed by atoms with Crippen molar-refractivity contribution in [2.75, 3.05) is 0 Å². The monoisotopic (exact) mass is 212 g/mol. The van der Waals surface area contributed by atoms with Gasteiger partial charge in [-0.15, -0.1) is 12.4 Å². The Hall–Kier alpha value is 0.900. The molecule has 0 aromatic rings. The van der Waals surface area contributed by atoms with Gasteiger partial charge < -0.3 is 6.87 Å². The summed E-state index contributed by atoms with van der Waals surface area (Å²) in [6.07, 6.45) is 0. The lowest BCUT2D eigenvalue weighted by atomic mass is 16.0. The van der Waals surface area contributed by atoms with Crippen molar-refractivity contribution in [3.05, 3.63) is 0 Å². The topological polar surface area (TPSA) is 66.3 Å². The molecule has 0 aliphatic heterocycles. The standard InChI is InChI=1S/ClH.HIO3/c;2-1(3)4/h1H;2H. The van der Waals surface area contributed by atoms with Crippen LogP contribution >= 0.6 is 12.4 Å². The molecule has 0 aromatic heterocycles. The fourth-order valence-electron chi connectivity index (χ4n) is 0. The van der Waals surface area contributed by atoms with Gasteiger partial charge in [-0.05, 0) is 3.44 Å². The lowest BCUT2D eigenvalue weighted by molar-refractivity contribution is -1.63. The Balaban J connectivity index is 0. The van der Waals surface area contributed by atoms with Crippen molar-refractivity contribution in [2.24, 2.45) is 0 Å². The van der Waals surface area contributed by atoms with Crippen LogP contribution in [0.1, 0.15) is 0 Å². The molecule has 0 unspecified atom stereocenters. The zero-order valence-electron chi connectivity index (χ0n) is 2.05. The average Bonchev–Trinajstić information content (AvgIpc) is 0.811. The molecule has 0 amide bonds. The summed E-state index contributed by atoms with van der Waals surface area (Å²) in [5, 5.41) is 0. The van der Waals surface area contributed by atoms with E-state index in [-0.39, 0.29) is 12.4 Å². The maximum absolute atomic E-state index is 8.68. The Morgan fingerprint density at radius 3 is 1.40 bits per heavy atom. The highest BCUT2D eigenvalue weighted by atomic mass is 127. The molecule has 0 heterocycles. The van der Waals surface area contributed by atoms with Crippen molar-refractivity contribution >= 4 is 12.4 Å². The zero-order valence-corrected chi connectivity index (χ0v) is 5.02. The van der Waals surface area contributed by atoms with E-state index >= 15 is 0 Å². The summed E-state index contributed by atoms with van der Waals surface area (Å²) in [4.78, 5) is 0. The van der Waals surface area contributed by atoms with E-state index in [1.807, 2.05) is 0 Å². The van der Waals surface area contributed by atoms with Crippen LogP contribution < -0.4 is 27.9 Å². The van der Waals surface area contributed by atoms with Gasteiger partial charge >= 0.3 is 21.1 Å². The van der Waals surface area contributed by atoms with Gasteiger partial charge in [0.05, 0.1) is 0 Å². The van der Waals surface area contributed by atoms with Crippen molar-refractivity contribution in [2.45, 2.75) is 0 Å². The highest BCUT2D eigenvalue weighted by Crippen LogP contribution is 0.690. The van der Waals surface area contributed by atoms with Crippen molar-refractivity contribution in [3.8, 4) is 0 Å². The minimum absolute atomic E-state index is 0. The molecule has 5 heavy (non-hydrogen) atoms. The summed E-state index contributed by atoms with van der Waals surface area (Å²) >= 11 is -3.76. The van der Waals surface area contributed by atoms with Crippen LogP contribution in [-0.4, -0.2) is 3.44 Å². The smallest absolute Gasteiger partial charge is 0.396 e.